The SMILES string of the molecule is CC(C)(C)C(=O)C(Br)Cc1cccc(F)c1F. The standard InChI is InChI=1S/C13H15BrF2O/c1-13(2,3)12(17)9(14)7-8-5-4-6-10(15)11(8)16/h4-6,9H,7H2,1-3H3. The van der Waals surface area contributed by atoms with Crippen LogP contribution >= 0.6 is 15.9 Å². The first-order valence-electron chi connectivity index (χ1n) is 5.34. The average Bonchev–Trinajstić information content (AvgIpc) is 2.22. The molecule has 0 aliphatic carbocycles. The molecule has 0 aromatic heterocycles. The number of rotatable bonds is 3. The van der Waals surface area contributed by atoms with Gasteiger partial charge < -0.3 is 0 Å². The van der Waals surface area contributed by atoms with Crippen molar-refractivity contribution in [3.63, 3.8) is 0 Å². The van der Waals surface area contributed by atoms with Crippen LogP contribution in [0.3, 0.4) is 0 Å². The van der Waals surface area contributed by atoms with Gasteiger partial charge in [0, 0.05) is 5.41 Å². The Morgan fingerprint density at radius 1 is 1.35 bits per heavy atom. The first-order valence-corrected chi connectivity index (χ1v) is 6.26. The van der Waals surface area contributed by atoms with Crippen molar-refractivity contribution in [1.29, 1.82) is 0 Å². The van der Waals surface area contributed by atoms with Gasteiger partial charge in [0.05, 0.1) is 4.83 Å². The molecule has 0 saturated heterocycles. The maximum atomic E-state index is 13.4. The molecule has 0 aliphatic rings. The van der Waals surface area contributed by atoms with Crippen LogP contribution in [0.5, 0.6) is 0 Å². The number of hydrogen-bond donors (Lipinski definition) is 0. The third-order valence-corrected chi connectivity index (χ3v) is 3.19. The van der Waals surface area contributed by atoms with Crippen molar-refractivity contribution in [2.24, 2.45) is 5.41 Å². The van der Waals surface area contributed by atoms with Crippen LogP contribution in [0.25, 0.3) is 0 Å². The van der Waals surface area contributed by atoms with Crippen molar-refractivity contribution in [2.45, 2.75) is 32.0 Å². The summed E-state index contributed by atoms with van der Waals surface area (Å²) in [6.07, 6.45) is 0.152. The van der Waals surface area contributed by atoms with Crippen molar-refractivity contribution >= 4 is 21.7 Å². The monoisotopic (exact) mass is 304 g/mol. The zero-order valence-electron chi connectivity index (χ0n) is 10.1. The van der Waals surface area contributed by atoms with Crippen LogP contribution in [0.15, 0.2) is 18.2 Å². The van der Waals surface area contributed by atoms with E-state index in [1.54, 1.807) is 20.8 Å². The Bertz CT molecular complexity index is 424. The van der Waals surface area contributed by atoms with E-state index >= 15 is 0 Å². The van der Waals surface area contributed by atoms with Gasteiger partial charge in [-0.1, -0.05) is 48.8 Å². The van der Waals surface area contributed by atoms with Crippen molar-refractivity contribution in [1.82, 2.24) is 0 Å². The highest BCUT2D eigenvalue weighted by molar-refractivity contribution is 9.10. The van der Waals surface area contributed by atoms with E-state index in [1.165, 1.54) is 12.1 Å². The molecule has 0 amide bonds. The maximum Gasteiger partial charge on any atom is 0.162 e. The lowest BCUT2D eigenvalue weighted by Gasteiger charge is -2.20. The number of halogens is 3. The molecule has 0 N–H and O–H groups in total. The number of benzene rings is 1. The van der Waals surface area contributed by atoms with Gasteiger partial charge in [0.25, 0.3) is 0 Å². The number of ketones is 1. The minimum absolute atomic E-state index is 0.0267. The van der Waals surface area contributed by atoms with E-state index in [0.717, 1.165) is 6.07 Å². The summed E-state index contributed by atoms with van der Waals surface area (Å²) >= 11 is 3.24. The Morgan fingerprint density at radius 3 is 2.47 bits per heavy atom. The maximum absolute atomic E-state index is 13.4. The minimum atomic E-state index is -0.884. The number of alkyl halides is 1. The minimum Gasteiger partial charge on any atom is -0.298 e. The predicted molar refractivity (Wildman–Crippen MR) is 67.2 cm³/mol. The quantitative estimate of drug-likeness (QED) is 0.774. The fraction of sp³-hybridized carbons (Fsp3) is 0.462. The van der Waals surface area contributed by atoms with E-state index in [1.807, 2.05) is 0 Å². The first-order chi connectivity index (χ1) is 7.73. The zero-order chi connectivity index (χ0) is 13.2. The molecule has 0 radical (unpaired) electrons. The molecule has 1 unspecified atom stereocenters. The lowest BCUT2D eigenvalue weighted by atomic mass is 9.87. The number of carbonyl (C=O) groups is 1. The second-order valence-electron chi connectivity index (χ2n) is 5.00. The summed E-state index contributed by atoms with van der Waals surface area (Å²) < 4.78 is 26.4. The Labute approximate surface area is 108 Å². The molecule has 17 heavy (non-hydrogen) atoms. The molecule has 0 heterocycles. The van der Waals surface area contributed by atoms with Gasteiger partial charge in [0.2, 0.25) is 0 Å². The zero-order valence-corrected chi connectivity index (χ0v) is 11.6. The van der Waals surface area contributed by atoms with Crippen molar-refractivity contribution in [3.8, 4) is 0 Å². The second kappa shape index (κ2) is 5.25. The van der Waals surface area contributed by atoms with Crippen LogP contribution in [-0.4, -0.2) is 10.6 Å². The van der Waals surface area contributed by atoms with E-state index in [2.05, 4.69) is 15.9 Å². The van der Waals surface area contributed by atoms with Crippen molar-refractivity contribution in [2.75, 3.05) is 0 Å². The third kappa shape index (κ3) is 3.60. The van der Waals surface area contributed by atoms with Gasteiger partial charge in [0.15, 0.2) is 17.4 Å². The lowest BCUT2D eigenvalue weighted by molar-refractivity contribution is -0.125. The molecule has 94 valence electrons. The van der Waals surface area contributed by atoms with E-state index in [0.29, 0.717) is 0 Å². The molecular weight excluding hydrogens is 290 g/mol. The fourth-order valence-corrected chi connectivity index (χ4v) is 2.50. The summed E-state index contributed by atoms with van der Waals surface area (Å²) in [5.41, 5.74) is -0.290. The summed E-state index contributed by atoms with van der Waals surface area (Å²) in [6.45, 7) is 5.39. The highest BCUT2D eigenvalue weighted by Gasteiger charge is 2.28. The molecule has 1 rings (SSSR count). The summed E-state index contributed by atoms with van der Waals surface area (Å²) in [5.74, 6) is -1.79. The third-order valence-electron chi connectivity index (χ3n) is 2.45. The molecule has 1 nitrogen and oxygen atoms in total. The Morgan fingerprint density at radius 2 is 1.94 bits per heavy atom. The van der Waals surface area contributed by atoms with E-state index in [4.69, 9.17) is 0 Å². The Hall–Kier alpha value is -0.770. The van der Waals surface area contributed by atoms with Gasteiger partial charge in [-0.2, -0.15) is 0 Å². The number of hydrogen-bond acceptors (Lipinski definition) is 1. The molecule has 1 aromatic carbocycles. The van der Waals surface area contributed by atoms with Gasteiger partial charge in [-0.3, -0.25) is 4.79 Å². The van der Waals surface area contributed by atoms with E-state index in [-0.39, 0.29) is 17.8 Å². The summed E-state index contributed by atoms with van der Waals surface area (Å²) in [4.78, 5) is 11.4. The summed E-state index contributed by atoms with van der Waals surface area (Å²) in [6, 6.07) is 3.99. The van der Waals surface area contributed by atoms with Gasteiger partial charge in [0.1, 0.15) is 0 Å². The van der Waals surface area contributed by atoms with Crippen LogP contribution in [-0.2, 0) is 11.2 Å². The fourth-order valence-electron chi connectivity index (χ4n) is 1.46. The molecule has 0 fully saturated rings. The molecule has 0 saturated carbocycles. The average molecular weight is 305 g/mol. The van der Waals surface area contributed by atoms with E-state index in [9.17, 15) is 13.6 Å². The Balaban J connectivity index is 2.85. The van der Waals surface area contributed by atoms with Gasteiger partial charge in [-0.25, -0.2) is 8.78 Å². The molecule has 0 aliphatic heterocycles. The topological polar surface area (TPSA) is 17.1 Å². The Kier molecular flexibility index (Phi) is 4.42. The normalized spacial score (nSPS) is 13.5. The van der Waals surface area contributed by atoms with Crippen LogP contribution in [0, 0.1) is 17.0 Å². The summed E-state index contributed by atoms with van der Waals surface area (Å²) in [7, 11) is 0. The second-order valence-corrected chi connectivity index (χ2v) is 6.10. The van der Waals surface area contributed by atoms with Gasteiger partial charge in [-0.15, -0.1) is 0 Å². The lowest BCUT2D eigenvalue weighted by Crippen LogP contribution is -2.30. The van der Waals surface area contributed by atoms with Crippen LogP contribution in [0.1, 0.15) is 26.3 Å². The molecule has 1 aromatic rings. The first kappa shape index (κ1) is 14.3. The highest BCUT2D eigenvalue weighted by Crippen LogP contribution is 2.24. The molecule has 1 atom stereocenters. The highest BCUT2D eigenvalue weighted by atomic mass is 79.9. The molecule has 0 spiro atoms. The van der Waals surface area contributed by atoms with E-state index < -0.39 is 21.9 Å². The number of carbonyl (C=O) groups excluding carboxylic acids is 1. The number of Topliss-reactive ketones (excluding diaryl/α,β-unsaturated/α-hetero) is 1. The predicted octanol–water partition coefficient (Wildman–Crippen LogP) is 3.89. The largest absolute Gasteiger partial charge is 0.298 e. The molecular formula is C13H15BrF2O. The van der Waals surface area contributed by atoms with Crippen LogP contribution in [0.2, 0.25) is 0 Å². The smallest absolute Gasteiger partial charge is 0.162 e. The van der Waals surface area contributed by atoms with Crippen LogP contribution < -0.4 is 0 Å². The van der Waals surface area contributed by atoms with Gasteiger partial charge >= 0.3 is 0 Å². The van der Waals surface area contributed by atoms with Gasteiger partial charge in [-0.05, 0) is 18.1 Å². The summed E-state index contributed by atoms with van der Waals surface area (Å²) in [5, 5.41) is 0. The van der Waals surface area contributed by atoms with Crippen molar-refractivity contribution < 1.29 is 13.6 Å². The van der Waals surface area contributed by atoms with Crippen LogP contribution in [0.4, 0.5) is 8.78 Å². The molecule has 0 bridgehead atoms. The van der Waals surface area contributed by atoms with Crippen molar-refractivity contribution in [3.05, 3.63) is 35.4 Å². The molecule has 4 heteroatoms.